The first-order valence-electron chi connectivity index (χ1n) is 7.91. The van der Waals surface area contributed by atoms with Crippen molar-refractivity contribution in [3.05, 3.63) is 65.2 Å². The van der Waals surface area contributed by atoms with Gasteiger partial charge < -0.3 is 11.1 Å². The van der Waals surface area contributed by atoms with Crippen molar-refractivity contribution in [2.24, 2.45) is 0 Å². The molecule has 8 heteroatoms. The van der Waals surface area contributed by atoms with E-state index < -0.39 is 37.5 Å². The van der Waals surface area contributed by atoms with Gasteiger partial charge in [-0.2, -0.15) is 0 Å². The average molecular weight is 379 g/mol. The molecule has 0 aromatic heterocycles. The van der Waals surface area contributed by atoms with E-state index in [0.29, 0.717) is 0 Å². The number of sulfone groups is 1. The zero-order chi connectivity index (χ0) is 19.3. The smallest absolute Gasteiger partial charge is 0.169 e. The molecule has 1 saturated heterocycles. The van der Waals surface area contributed by atoms with Gasteiger partial charge in [0, 0.05) is 11.3 Å². The molecule has 2 aromatic carbocycles. The average Bonchev–Trinajstić information content (AvgIpc) is 2.54. The Hall–Kier alpha value is -2.48. The molecule has 0 unspecified atom stereocenters. The quantitative estimate of drug-likeness (QED) is 0.699. The van der Waals surface area contributed by atoms with Crippen LogP contribution in [0.5, 0.6) is 0 Å². The van der Waals surface area contributed by atoms with Crippen LogP contribution in [0.25, 0.3) is 0 Å². The Morgan fingerprint density at radius 3 is 2.46 bits per heavy atom. The highest BCUT2D eigenvalue weighted by Gasteiger charge is 2.54. The summed E-state index contributed by atoms with van der Waals surface area (Å²) in [6, 6.07) is 9.04. The van der Waals surface area contributed by atoms with Crippen molar-refractivity contribution in [3.63, 3.8) is 0 Å². The van der Waals surface area contributed by atoms with Crippen molar-refractivity contribution in [2.75, 3.05) is 11.5 Å². The van der Waals surface area contributed by atoms with Gasteiger partial charge in [0.15, 0.2) is 14.6 Å². The largest absolute Gasteiger partial charge is 0.399 e. The zero-order valence-electron chi connectivity index (χ0n) is 14.3. The topological polar surface area (TPSA) is 96.0 Å². The van der Waals surface area contributed by atoms with Gasteiger partial charge in [-0.1, -0.05) is 12.1 Å². The van der Waals surface area contributed by atoms with Crippen LogP contribution in [-0.2, 0) is 20.1 Å². The van der Waals surface area contributed by atoms with Crippen molar-refractivity contribution in [2.45, 2.75) is 24.1 Å². The van der Waals surface area contributed by atoms with E-state index in [2.05, 4.69) is 5.32 Å². The van der Waals surface area contributed by atoms with E-state index in [9.17, 15) is 17.2 Å². The molecule has 1 aliphatic rings. The summed E-state index contributed by atoms with van der Waals surface area (Å²) in [7, 11) is -3.99. The van der Waals surface area contributed by atoms with E-state index in [1.807, 2.05) is 0 Å². The van der Waals surface area contributed by atoms with E-state index in [-0.39, 0.29) is 22.6 Å². The molecule has 0 amide bonds. The Labute approximate surface area is 150 Å². The lowest BCUT2D eigenvalue weighted by atomic mass is 9.90. The predicted molar refractivity (Wildman–Crippen MR) is 96.6 cm³/mol. The molecule has 3 rings (SSSR count). The molecule has 1 heterocycles. The molecule has 0 aliphatic carbocycles. The highest BCUT2D eigenvalue weighted by molar-refractivity contribution is 7.93. The molecule has 0 radical (unpaired) electrons. The number of hydrogen-bond donors (Lipinski definition) is 3. The Bertz CT molecular complexity index is 1010. The van der Waals surface area contributed by atoms with Crippen molar-refractivity contribution >= 4 is 21.4 Å². The molecule has 2 atom stereocenters. The third kappa shape index (κ3) is 2.65. The normalized spacial score (nSPS) is 27.8. The van der Waals surface area contributed by atoms with Crippen molar-refractivity contribution in [3.8, 4) is 0 Å². The summed E-state index contributed by atoms with van der Waals surface area (Å²) in [6.07, 6.45) is 0. The Morgan fingerprint density at radius 1 is 1.15 bits per heavy atom. The van der Waals surface area contributed by atoms with Crippen LogP contribution < -0.4 is 11.1 Å². The van der Waals surface area contributed by atoms with Crippen LogP contribution in [0.1, 0.15) is 25.0 Å². The third-order valence-corrected chi connectivity index (χ3v) is 7.58. The Balaban J connectivity index is 2.14. The van der Waals surface area contributed by atoms with Gasteiger partial charge in [-0.15, -0.1) is 0 Å². The minimum absolute atomic E-state index is 0.0621. The number of nitrogens with two attached hydrogens (primary N) is 1. The third-order valence-electron chi connectivity index (χ3n) is 4.94. The fourth-order valence-electron chi connectivity index (χ4n) is 3.33. The molecule has 26 heavy (non-hydrogen) atoms. The summed E-state index contributed by atoms with van der Waals surface area (Å²) < 4.78 is 52.5. The lowest BCUT2D eigenvalue weighted by Gasteiger charge is -2.45. The van der Waals surface area contributed by atoms with Crippen molar-refractivity contribution in [1.29, 1.82) is 5.41 Å². The number of anilines is 1. The monoisotopic (exact) mass is 379 g/mol. The lowest BCUT2D eigenvalue weighted by molar-refractivity contribution is 0.420. The minimum atomic E-state index is -3.99. The van der Waals surface area contributed by atoms with Gasteiger partial charge >= 0.3 is 0 Å². The Kier molecular flexibility index (Phi) is 4.06. The SMILES string of the molecule is C[C@@]1(c2cccc(F)c2)C(=N)N[C@](C)(c2cc(N)ccc2F)CS1(=O)=O. The van der Waals surface area contributed by atoms with E-state index in [1.54, 1.807) is 0 Å². The second kappa shape index (κ2) is 5.77. The standard InChI is InChI=1S/C18H19F2N3O2S/c1-17(14-9-13(21)6-7-15(14)20)10-26(24,25)18(2,16(22)23-17)11-4-3-5-12(19)8-11/h3-9H,10,21H2,1-2H3,(H2,22,23)/t17-,18+/m0/s1. The van der Waals surface area contributed by atoms with Gasteiger partial charge in [0.2, 0.25) is 0 Å². The Morgan fingerprint density at radius 2 is 1.85 bits per heavy atom. The van der Waals surface area contributed by atoms with Gasteiger partial charge in [0.25, 0.3) is 0 Å². The number of benzene rings is 2. The summed E-state index contributed by atoms with van der Waals surface area (Å²) in [6.45, 7) is 2.85. The number of amidine groups is 1. The molecule has 138 valence electrons. The van der Waals surface area contributed by atoms with E-state index in [1.165, 1.54) is 44.2 Å². The van der Waals surface area contributed by atoms with Crippen molar-refractivity contribution in [1.82, 2.24) is 5.32 Å². The maximum Gasteiger partial charge on any atom is 0.169 e. The first kappa shape index (κ1) is 18.3. The second-order valence-electron chi connectivity index (χ2n) is 6.87. The second-order valence-corrected chi connectivity index (χ2v) is 9.21. The fraction of sp³-hybridized carbons (Fsp3) is 0.278. The number of nitrogens with one attached hydrogen (secondary N) is 2. The van der Waals surface area contributed by atoms with Crippen LogP contribution in [0.3, 0.4) is 0 Å². The molecule has 2 aromatic rings. The van der Waals surface area contributed by atoms with Crippen LogP contribution in [0.15, 0.2) is 42.5 Å². The highest BCUT2D eigenvalue weighted by atomic mass is 32.2. The molecule has 1 aliphatic heterocycles. The van der Waals surface area contributed by atoms with Gasteiger partial charge in [-0.25, -0.2) is 17.2 Å². The summed E-state index contributed by atoms with van der Waals surface area (Å²) in [4.78, 5) is 0. The molecule has 0 bridgehead atoms. The molecular weight excluding hydrogens is 360 g/mol. The summed E-state index contributed by atoms with van der Waals surface area (Å²) in [5, 5.41) is 11.2. The lowest BCUT2D eigenvalue weighted by Crippen LogP contribution is -2.63. The fourth-order valence-corrected chi connectivity index (χ4v) is 5.46. The van der Waals surface area contributed by atoms with Gasteiger partial charge in [-0.3, -0.25) is 5.41 Å². The number of halogens is 2. The van der Waals surface area contributed by atoms with Crippen LogP contribution >= 0.6 is 0 Å². The summed E-state index contributed by atoms with van der Waals surface area (Å²) in [5.41, 5.74) is 4.83. The van der Waals surface area contributed by atoms with Crippen LogP contribution in [0, 0.1) is 17.0 Å². The summed E-state index contributed by atoms with van der Waals surface area (Å²) in [5.74, 6) is -2.04. The molecule has 4 N–H and O–H groups in total. The van der Waals surface area contributed by atoms with Crippen LogP contribution in [-0.4, -0.2) is 20.0 Å². The molecule has 5 nitrogen and oxygen atoms in total. The first-order valence-corrected chi connectivity index (χ1v) is 9.56. The van der Waals surface area contributed by atoms with E-state index >= 15 is 0 Å². The zero-order valence-corrected chi connectivity index (χ0v) is 15.1. The molecular formula is C18H19F2N3O2S. The van der Waals surface area contributed by atoms with Crippen LogP contribution in [0.2, 0.25) is 0 Å². The molecule has 0 saturated carbocycles. The summed E-state index contributed by atoms with van der Waals surface area (Å²) >= 11 is 0. The maximum atomic E-state index is 14.3. The van der Waals surface area contributed by atoms with Gasteiger partial charge in [-0.05, 0) is 49.7 Å². The predicted octanol–water partition coefficient (Wildman–Crippen LogP) is 2.67. The minimum Gasteiger partial charge on any atom is -0.399 e. The highest BCUT2D eigenvalue weighted by Crippen LogP contribution is 2.41. The van der Waals surface area contributed by atoms with Gasteiger partial charge in [0.1, 0.15) is 17.5 Å². The van der Waals surface area contributed by atoms with E-state index in [0.717, 1.165) is 12.1 Å². The van der Waals surface area contributed by atoms with Crippen LogP contribution in [0.4, 0.5) is 14.5 Å². The van der Waals surface area contributed by atoms with Gasteiger partial charge in [0.05, 0.1) is 11.3 Å². The van der Waals surface area contributed by atoms with E-state index in [4.69, 9.17) is 11.1 Å². The number of rotatable bonds is 2. The number of nitrogen functional groups attached to an aromatic ring is 1. The number of hydrogen-bond acceptors (Lipinski definition) is 4. The first-order chi connectivity index (χ1) is 12.0. The molecule has 0 spiro atoms. The molecule has 1 fully saturated rings. The maximum absolute atomic E-state index is 14.3. The van der Waals surface area contributed by atoms with Crippen molar-refractivity contribution < 1.29 is 17.2 Å².